The van der Waals surface area contributed by atoms with Gasteiger partial charge in [-0.1, -0.05) is 24.3 Å². The van der Waals surface area contributed by atoms with Crippen molar-refractivity contribution in [1.82, 2.24) is 9.97 Å². The van der Waals surface area contributed by atoms with Crippen molar-refractivity contribution < 1.29 is 62.3 Å². The van der Waals surface area contributed by atoms with Gasteiger partial charge < -0.3 is 46.2 Å². The molecule has 4 N–H and O–H groups in total. The number of fused-ring (bicyclic) bond motifs is 6. The first kappa shape index (κ1) is 31.7. The molecule has 0 spiro atoms. The van der Waals surface area contributed by atoms with Gasteiger partial charge in [0.25, 0.3) is 0 Å². The maximum Gasteiger partial charge on any atom is 2.00 e. The van der Waals surface area contributed by atoms with Crippen LogP contribution in [0, 0.1) is 10.4 Å². The number of rotatable bonds is 0. The van der Waals surface area contributed by atoms with E-state index >= 15 is 0 Å². The third kappa shape index (κ3) is 6.04. The maximum atomic E-state index is 11.7. The van der Waals surface area contributed by atoms with Gasteiger partial charge >= 0.3 is 17.1 Å². The number of pyridine rings is 4. The van der Waals surface area contributed by atoms with Crippen molar-refractivity contribution in [1.29, 1.82) is 0 Å². The molecule has 0 atom stereocenters. The van der Waals surface area contributed by atoms with Crippen molar-refractivity contribution in [3.63, 3.8) is 0 Å². The molecule has 6 rings (SSSR count). The van der Waals surface area contributed by atoms with E-state index < -0.39 is 0 Å². The third-order valence-electron chi connectivity index (χ3n) is 4.99. The smallest absolute Gasteiger partial charge is 1.00 e. The van der Waals surface area contributed by atoms with Gasteiger partial charge in [0.1, 0.15) is 11.0 Å². The van der Waals surface area contributed by atoms with Crippen LogP contribution < -0.4 is 34.3 Å². The monoisotopic (exact) mass is 561 g/mol. The van der Waals surface area contributed by atoms with E-state index in [4.69, 9.17) is 0 Å². The van der Waals surface area contributed by atoms with Crippen molar-refractivity contribution in [3.05, 3.63) is 108 Å². The SMILES string of the molecule is O.O.[Cl-].[Cl-].[Cu+2].[O-][n+]1cccc2ccc3cccnc3c21.[O-][n+]1cccc2ccc3cccnc3c21. The molecule has 0 unspecified atom stereocenters. The van der Waals surface area contributed by atoms with Gasteiger partial charge in [-0.2, -0.15) is 9.46 Å². The van der Waals surface area contributed by atoms with Gasteiger partial charge in [-0.3, -0.25) is 0 Å². The van der Waals surface area contributed by atoms with Crippen LogP contribution >= 0.6 is 0 Å². The molecule has 4 heterocycles. The fraction of sp³-hybridized carbons (Fsp3) is 0. The summed E-state index contributed by atoms with van der Waals surface area (Å²) in [7, 11) is 0. The minimum Gasteiger partial charge on any atom is -1.00 e. The number of hydrogen-bond donors (Lipinski definition) is 0. The third-order valence-corrected chi connectivity index (χ3v) is 4.99. The molecule has 1 radical (unpaired) electrons. The summed E-state index contributed by atoms with van der Waals surface area (Å²) >= 11 is 0. The van der Waals surface area contributed by atoms with E-state index in [1.54, 1.807) is 24.5 Å². The molecule has 8 nitrogen and oxygen atoms in total. The van der Waals surface area contributed by atoms with E-state index in [0.29, 0.717) is 11.0 Å². The minimum absolute atomic E-state index is 0. The maximum absolute atomic E-state index is 11.7. The molecule has 0 aliphatic carbocycles. The average Bonchev–Trinajstić information content (AvgIpc) is 2.79. The number of aromatic nitrogens is 4. The fourth-order valence-corrected chi connectivity index (χ4v) is 3.62. The Hall–Kier alpha value is -3.30. The van der Waals surface area contributed by atoms with Crippen molar-refractivity contribution in [2.75, 3.05) is 0 Å². The second-order valence-corrected chi connectivity index (χ2v) is 6.83. The van der Waals surface area contributed by atoms with E-state index in [-0.39, 0.29) is 52.8 Å². The summed E-state index contributed by atoms with van der Waals surface area (Å²) < 4.78 is 1.73. The summed E-state index contributed by atoms with van der Waals surface area (Å²) in [5, 5.41) is 27.1. The summed E-state index contributed by atoms with van der Waals surface area (Å²) in [6.45, 7) is 0. The Morgan fingerprint density at radius 3 is 1.26 bits per heavy atom. The van der Waals surface area contributed by atoms with Crippen LogP contribution in [0.3, 0.4) is 0 Å². The topological polar surface area (TPSA) is 143 Å². The Kier molecular flexibility index (Phi) is 12.3. The predicted molar refractivity (Wildman–Crippen MR) is 124 cm³/mol. The zero-order valence-corrected chi connectivity index (χ0v) is 20.4. The summed E-state index contributed by atoms with van der Waals surface area (Å²) in [6.07, 6.45) is 6.40. The van der Waals surface area contributed by atoms with Crippen molar-refractivity contribution in [2.45, 2.75) is 0 Å². The Morgan fingerprint density at radius 1 is 0.514 bits per heavy atom. The van der Waals surface area contributed by atoms with Crippen molar-refractivity contribution in [3.8, 4) is 0 Å². The molecule has 4 aromatic heterocycles. The second-order valence-electron chi connectivity index (χ2n) is 6.83. The first-order valence-electron chi connectivity index (χ1n) is 9.44. The van der Waals surface area contributed by atoms with Gasteiger partial charge in [-0.05, 0) is 36.4 Å². The fourth-order valence-electron chi connectivity index (χ4n) is 3.62. The number of benzene rings is 2. The zero-order valence-electron chi connectivity index (χ0n) is 17.9. The van der Waals surface area contributed by atoms with Gasteiger partial charge in [0.05, 0.1) is 10.8 Å². The molecular formula is C24H20Cl2CuN4O4. The molecule has 35 heavy (non-hydrogen) atoms. The molecular weight excluding hydrogens is 543 g/mol. The van der Waals surface area contributed by atoms with E-state index in [1.807, 2.05) is 60.7 Å². The predicted octanol–water partition coefficient (Wildman–Crippen LogP) is -3.60. The first-order chi connectivity index (χ1) is 14.7. The molecule has 0 saturated heterocycles. The molecule has 6 aromatic rings. The molecule has 0 aliphatic rings. The largest absolute Gasteiger partial charge is 2.00 e. The van der Waals surface area contributed by atoms with Crippen LogP contribution in [0.4, 0.5) is 0 Å². The molecule has 0 bridgehead atoms. The molecule has 0 aliphatic heterocycles. The molecule has 0 fully saturated rings. The zero-order chi connectivity index (χ0) is 20.5. The van der Waals surface area contributed by atoms with E-state index in [2.05, 4.69) is 9.97 Å². The number of hydrogen-bond acceptors (Lipinski definition) is 4. The first-order valence-corrected chi connectivity index (χ1v) is 9.44. The van der Waals surface area contributed by atoms with Crippen molar-refractivity contribution >= 4 is 43.6 Å². The molecule has 2 aromatic carbocycles. The Morgan fingerprint density at radius 2 is 0.857 bits per heavy atom. The van der Waals surface area contributed by atoms with E-state index in [9.17, 15) is 10.4 Å². The van der Waals surface area contributed by atoms with Crippen LogP contribution in [0.1, 0.15) is 0 Å². The van der Waals surface area contributed by atoms with Crippen LogP contribution in [0.25, 0.3) is 43.6 Å². The summed E-state index contributed by atoms with van der Waals surface area (Å²) in [4.78, 5) is 8.50. The quantitative estimate of drug-likeness (QED) is 0.0816. The summed E-state index contributed by atoms with van der Waals surface area (Å²) in [6, 6.07) is 22.8. The second kappa shape index (κ2) is 13.6. The van der Waals surface area contributed by atoms with Gasteiger partial charge in [-0.25, -0.2) is 9.97 Å². The van der Waals surface area contributed by atoms with Crippen molar-refractivity contribution in [2.24, 2.45) is 0 Å². The summed E-state index contributed by atoms with van der Waals surface area (Å²) in [5.41, 5.74) is 2.78. The number of nitrogens with zero attached hydrogens (tertiary/aromatic N) is 4. The Bertz CT molecular complexity index is 1440. The van der Waals surface area contributed by atoms with Gasteiger partial charge in [0, 0.05) is 35.3 Å². The Labute approximate surface area is 223 Å². The molecule has 185 valence electrons. The van der Waals surface area contributed by atoms with Gasteiger partial charge in [0.2, 0.25) is 11.0 Å². The van der Waals surface area contributed by atoms with Crippen LogP contribution in [0.5, 0.6) is 0 Å². The van der Waals surface area contributed by atoms with Crippen LogP contribution in [-0.4, -0.2) is 20.9 Å². The Balaban J connectivity index is 0.000000578. The van der Waals surface area contributed by atoms with Crippen LogP contribution in [0.15, 0.2) is 97.6 Å². The standard InChI is InChI=1S/2C12H8N2O.2ClH.Cu.2H2O/c2*15-14-8-2-4-10-6-5-9-3-1-7-13-11(9)12(10)14;;;;;/h2*1-8H;2*1H;;2*1H2/q;;;;+2;;/p-2. The van der Waals surface area contributed by atoms with Crippen LogP contribution in [0.2, 0.25) is 0 Å². The van der Waals surface area contributed by atoms with Crippen LogP contribution in [-0.2, 0) is 17.1 Å². The summed E-state index contributed by atoms with van der Waals surface area (Å²) in [5.74, 6) is 0. The normalized spacial score (nSPS) is 9.37. The van der Waals surface area contributed by atoms with Gasteiger partial charge in [0.15, 0.2) is 12.4 Å². The molecule has 0 saturated carbocycles. The van der Waals surface area contributed by atoms with E-state index in [0.717, 1.165) is 42.0 Å². The number of halogens is 2. The van der Waals surface area contributed by atoms with Gasteiger partial charge in [-0.15, -0.1) is 0 Å². The minimum atomic E-state index is 0. The molecule has 0 amide bonds. The average molecular weight is 563 g/mol. The van der Waals surface area contributed by atoms with E-state index in [1.165, 1.54) is 12.4 Å². The molecule has 11 heteroatoms.